The number of ether oxygens (including phenoxy) is 1. The second kappa shape index (κ2) is 8.17. The van der Waals surface area contributed by atoms with E-state index in [-0.39, 0.29) is 17.9 Å². The van der Waals surface area contributed by atoms with Crippen LogP contribution in [0.2, 0.25) is 0 Å². The summed E-state index contributed by atoms with van der Waals surface area (Å²) in [4.78, 5) is 12.4. The molecule has 2 unspecified atom stereocenters. The first-order chi connectivity index (χ1) is 12.1. The highest BCUT2D eigenvalue weighted by Crippen LogP contribution is 2.26. The van der Waals surface area contributed by atoms with Crippen molar-refractivity contribution < 1.29 is 9.53 Å². The third kappa shape index (κ3) is 4.60. The zero-order valence-electron chi connectivity index (χ0n) is 14.9. The first-order valence-electron chi connectivity index (χ1n) is 8.97. The van der Waals surface area contributed by atoms with Crippen molar-refractivity contribution in [2.45, 2.75) is 32.8 Å². The van der Waals surface area contributed by atoms with E-state index in [1.54, 1.807) is 0 Å². The van der Waals surface area contributed by atoms with Gasteiger partial charge < -0.3 is 15.4 Å². The Morgan fingerprint density at radius 3 is 2.72 bits per heavy atom. The van der Waals surface area contributed by atoms with Gasteiger partial charge in [-0.15, -0.1) is 0 Å². The molecule has 1 fully saturated rings. The smallest absolute Gasteiger partial charge is 0.228 e. The number of nitrogens with one attached hydrogen (secondary N) is 2. The van der Waals surface area contributed by atoms with Gasteiger partial charge in [-0.1, -0.05) is 30.3 Å². The standard InChI is InChI=1S/C21H26N2O2/c1-15-13-19(25-16(2)17-7-4-3-5-8-17)10-11-20(15)23-21(24)18-9-6-12-22-14-18/h3-5,7-8,10-11,13,16,18,22H,6,9,12,14H2,1-2H3,(H,23,24). The number of amides is 1. The highest BCUT2D eigenvalue weighted by molar-refractivity contribution is 5.93. The molecule has 1 saturated heterocycles. The number of hydrogen-bond acceptors (Lipinski definition) is 3. The molecule has 132 valence electrons. The summed E-state index contributed by atoms with van der Waals surface area (Å²) in [7, 11) is 0. The van der Waals surface area contributed by atoms with Gasteiger partial charge in [-0.2, -0.15) is 0 Å². The fourth-order valence-corrected chi connectivity index (χ4v) is 3.16. The Balaban J connectivity index is 1.63. The van der Waals surface area contributed by atoms with Crippen LogP contribution in [0.15, 0.2) is 48.5 Å². The molecule has 0 bridgehead atoms. The van der Waals surface area contributed by atoms with Gasteiger partial charge in [0.1, 0.15) is 11.9 Å². The molecule has 2 aromatic carbocycles. The minimum Gasteiger partial charge on any atom is -0.486 e. The van der Waals surface area contributed by atoms with Crippen LogP contribution in [-0.2, 0) is 4.79 Å². The van der Waals surface area contributed by atoms with Gasteiger partial charge in [-0.3, -0.25) is 4.79 Å². The van der Waals surface area contributed by atoms with Gasteiger partial charge in [-0.25, -0.2) is 0 Å². The highest BCUT2D eigenvalue weighted by Gasteiger charge is 2.21. The third-order valence-corrected chi connectivity index (χ3v) is 4.71. The first kappa shape index (κ1) is 17.5. The average Bonchev–Trinajstić information content (AvgIpc) is 2.65. The van der Waals surface area contributed by atoms with Crippen molar-refractivity contribution in [3.05, 3.63) is 59.7 Å². The minimum atomic E-state index is -0.0191. The fraction of sp³-hybridized carbons (Fsp3) is 0.381. The van der Waals surface area contributed by atoms with E-state index in [2.05, 4.69) is 22.8 Å². The third-order valence-electron chi connectivity index (χ3n) is 4.71. The van der Waals surface area contributed by atoms with E-state index in [4.69, 9.17) is 4.74 Å². The van der Waals surface area contributed by atoms with Crippen molar-refractivity contribution in [2.24, 2.45) is 5.92 Å². The Bertz CT molecular complexity index is 709. The summed E-state index contributed by atoms with van der Waals surface area (Å²) < 4.78 is 6.03. The van der Waals surface area contributed by atoms with Crippen LogP contribution in [0.25, 0.3) is 0 Å². The van der Waals surface area contributed by atoms with Gasteiger partial charge in [0.25, 0.3) is 0 Å². The topological polar surface area (TPSA) is 50.4 Å². The Hall–Kier alpha value is -2.33. The number of carbonyl (C=O) groups excluding carboxylic acids is 1. The Kier molecular flexibility index (Phi) is 5.71. The van der Waals surface area contributed by atoms with Crippen LogP contribution in [0.1, 0.15) is 37.0 Å². The minimum absolute atomic E-state index is 0.0191. The van der Waals surface area contributed by atoms with Gasteiger partial charge in [0.15, 0.2) is 0 Å². The van der Waals surface area contributed by atoms with Gasteiger partial charge in [0.2, 0.25) is 5.91 Å². The Labute approximate surface area is 149 Å². The van der Waals surface area contributed by atoms with Crippen molar-refractivity contribution in [1.29, 1.82) is 0 Å². The molecule has 0 saturated carbocycles. The molecular formula is C21H26N2O2. The van der Waals surface area contributed by atoms with E-state index in [0.717, 1.165) is 48.5 Å². The number of carbonyl (C=O) groups is 1. The summed E-state index contributed by atoms with van der Waals surface area (Å²) in [6.45, 7) is 5.81. The molecule has 1 amide bonds. The summed E-state index contributed by atoms with van der Waals surface area (Å²) in [5.41, 5.74) is 3.01. The van der Waals surface area contributed by atoms with E-state index < -0.39 is 0 Å². The number of hydrogen-bond donors (Lipinski definition) is 2. The number of piperidine rings is 1. The summed E-state index contributed by atoms with van der Waals surface area (Å²) in [5.74, 6) is 0.968. The molecule has 0 radical (unpaired) electrons. The number of benzene rings is 2. The van der Waals surface area contributed by atoms with Crippen molar-refractivity contribution in [2.75, 3.05) is 18.4 Å². The molecule has 0 spiro atoms. The van der Waals surface area contributed by atoms with Crippen LogP contribution in [0.3, 0.4) is 0 Å². The lowest BCUT2D eigenvalue weighted by Crippen LogP contribution is -2.37. The van der Waals surface area contributed by atoms with E-state index in [9.17, 15) is 4.79 Å². The SMILES string of the molecule is Cc1cc(OC(C)c2ccccc2)ccc1NC(=O)C1CCCNC1. The maximum atomic E-state index is 12.4. The number of anilines is 1. The molecule has 2 N–H and O–H groups in total. The zero-order valence-corrected chi connectivity index (χ0v) is 14.9. The molecule has 1 aliphatic heterocycles. The molecule has 25 heavy (non-hydrogen) atoms. The molecule has 1 aliphatic rings. The van der Waals surface area contributed by atoms with Crippen LogP contribution in [0.4, 0.5) is 5.69 Å². The van der Waals surface area contributed by atoms with Gasteiger partial charge in [0, 0.05) is 12.2 Å². The maximum absolute atomic E-state index is 12.4. The maximum Gasteiger partial charge on any atom is 0.228 e. The number of aryl methyl sites for hydroxylation is 1. The second-order valence-corrected chi connectivity index (χ2v) is 6.68. The van der Waals surface area contributed by atoms with E-state index in [0.29, 0.717) is 0 Å². The van der Waals surface area contributed by atoms with Crippen molar-refractivity contribution in [1.82, 2.24) is 5.32 Å². The Morgan fingerprint density at radius 1 is 1.24 bits per heavy atom. The quantitative estimate of drug-likeness (QED) is 0.864. The summed E-state index contributed by atoms with van der Waals surface area (Å²) in [6.07, 6.45) is 1.99. The van der Waals surface area contributed by atoms with Crippen LogP contribution >= 0.6 is 0 Å². The first-order valence-corrected chi connectivity index (χ1v) is 8.97. The van der Waals surface area contributed by atoms with Crippen molar-refractivity contribution in [3.63, 3.8) is 0 Å². The summed E-state index contributed by atoms with van der Waals surface area (Å²) >= 11 is 0. The van der Waals surface area contributed by atoms with Crippen molar-refractivity contribution >= 4 is 11.6 Å². The van der Waals surface area contributed by atoms with Crippen LogP contribution in [-0.4, -0.2) is 19.0 Å². The van der Waals surface area contributed by atoms with E-state index >= 15 is 0 Å². The fourth-order valence-electron chi connectivity index (χ4n) is 3.16. The van der Waals surface area contributed by atoms with Crippen LogP contribution < -0.4 is 15.4 Å². The predicted octanol–water partition coefficient (Wildman–Crippen LogP) is 4.07. The summed E-state index contributed by atoms with van der Waals surface area (Å²) in [5, 5.41) is 6.34. The summed E-state index contributed by atoms with van der Waals surface area (Å²) in [6, 6.07) is 16.0. The molecular weight excluding hydrogens is 312 g/mol. The van der Waals surface area contributed by atoms with E-state index in [1.165, 1.54) is 0 Å². The number of rotatable bonds is 5. The van der Waals surface area contributed by atoms with Crippen LogP contribution in [0.5, 0.6) is 5.75 Å². The molecule has 2 aromatic rings. The molecule has 4 heteroatoms. The van der Waals surface area contributed by atoms with Gasteiger partial charge in [-0.05, 0) is 62.6 Å². The largest absolute Gasteiger partial charge is 0.486 e. The molecule has 1 heterocycles. The normalized spacial score (nSPS) is 18.4. The van der Waals surface area contributed by atoms with Gasteiger partial charge in [0.05, 0.1) is 5.92 Å². The van der Waals surface area contributed by atoms with Crippen LogP contribution in [0, 0.1) is 12.8 Å². The zero-order chi connectivity index (χ0) is 17.6. The molecule has 0 aliphatic carbocycles. The lowest BCUT2D eigenvalue weighted by molar-refractivity contribution is -0.120. The molecule has 0 aromatic heterocycles. The highest BCUT2D eigenvalue weighted by atomic mass is 16.5. The van der Waals surface area contributed by atoms with E-state index in [1.807, 2.05) is 50.2 Å². The molecule has 2 atom stereocenters. The predicted molar refractivity (Wildman–Crippen MR) is 101 cm³/mol. The lowest BCUT2D eigenvalue weighted by Gasteiger charge is -2.22. The molecule has 4 nitrogen and oxygen atoms in total. The van der Waals surface area contributed by atoms with Gasteiger partial charge >= 0.3 is 0 Å². The average molecular weight is 338 g/mol. The molecule has 3 rings (SSSR count). The van der Waals surface area contributed by atoms with Crippen molar-refractivity contribution in [3.8, 4) is 5.75 Å². The second-order valence-electron chi connectivity index (χ2n) is 6.68. The lowest BCUT2D eigenvalue weighted by atomic mass is 9.98. The monoisotopic (exact) mass is 338 g/mol. The Morgan fingerprint density at radius 2 is 2.04 bits per heavy atom.